The third-order valence-corrected chi connectivity index (χ3v) is 16.0. The first-order valence-corrected chi connectivity index (χ1v) is 23.2. The van der Waals surface area contributed by atoms with Gasteiger partial charge < -0.3 is 24.3 Å². The lowest BCUT2D eigenvalue weighted by atomic mass is 9.39. The maximum atomic E-state index is 13.9. The number of nitro groups is 1. The Morgan fingerprint density at radius 1 is 1.03 bits per heavy atom. The number of sulfonamides is 1. The van der Waals surface area contributed by atoms with Gasteiger partial charge in [-0.15, -0.1) is 11.6 Å². The molecule has 0 atom stereocenters. The predicted molar refractivity (Wildman–Crippen MR) is 232 cm³/mol. The molecule has 5 aliphatic carbocycles. The maximum absolute atomic E-state index is 13.9. The van der Waals surface area contributed by atoms with Gasteiger partial charge in [0.1, 0.15) is 23.3 Å². The van der Waals surface area contributed by atoms with E-state index in [2.05, 4.69) is 43.2 Å². The highest BCUT2D eigenvalue weighted by Gasteiger charge is 2.69. The number of allylic oxidation sites excluding steroid dienone is 1. The standard InChI is InChI=1S/C45H52ClN7O7S/c1-42(2)10-8-30(36(21-42)44-24-45(46,25-44)26-44)23-51-12-14-52(15-13-51)31-4-6-35(39(17-31)59-32-16-29-9-11-47-40(29)48-22-32)41(54)49-61(57,58)34-5-7-38(37(18-34)53(55)56)60-33-19-43(20-33)27-50(3)28-43/h4-7,9,11,16-18,22,33H,8,10,12-15,19-21,23-28H2,1-3H3,(H,47,48)(H,49,54). The van der Waals surface area contributed by atoms with Crippen LogP contribution in [0.15, 0.2) is 77.0 Å². The normalized spacial score (nSPS) is 25.9. The first-order chi connectivity index (χ1) is 29.0. The van der Waals surface area contributed by atoms with Crippen molar-refractivity contribution in [2.45, 2.75) is 81.1 Å². The van der Waals surface area contributed by atoms with Gasteiger partial charge in [0, 0.05) is 85.5 Å². The molecule has 6 fully saturated rings. The molecule has 4 saturated carbocycles. The average Bonchev–Trinajstić information content (AvgIpc) is 3.64. The van der Waals surface area contributed by atoms with Gasteiger partial charge in [-0.1, -0.05) is 25.0 Å². The van der Waals surface area contributed by atoms with Gasteiger partial charge in [0.15, 0.2) is 5.75 Å². The molecule has 2 bridgehead atoms. The van der Waals surface area contributed by atoms with Crippen LogP contribution in [-0.4, -0.2) is 103 Å². The van der Waals surface area contributed by atoms with Crippen LogP contribution in [0, 0.1) is 26.4 Å². The SMILES string of the molecule is CN1CC2(CC(Oc3ccc(S(=O)(=O)NC(=O)c4ccc(N5CCN(CC6=C(C78CC(Cl)(C7)C8)CC(C)(C)CC6)CC5)cc4Oc4cnc5[nH]ccc5c4)cc3[N+](=O)[O-])C2)C1. The molecule has 0 radical (unpaired) electrons. The number of ether oxygens (including phenoxy) is 2. The molecule has 322 valence electrons. The maximum Gasteiger partial charge on any atom is 0.312 e. The van der Waals surface area contributed by atoms with Crippen molar-refractivity contribution in [2.24, 2.45) is 16.2 Å². The molecule has 0 unspecified atom stereocenters. The zero-order chi connectivity index (χ0) is 42.5. The summed E-state index contributed by atoms with van der Waals surface area (Å²) >= 11 is 6.74. The Bertz CT molecular complexity index is 2570. The fourth-order valence-corrected chi connectivity index (χ4v) is 13.0. The van der Waals surface area contributed by atoms with E-state index in [1.807, 2.05) is 13.1 Å². The van der Waals surface area contributed by atoms with Crippen LogP contribution in [-0.2, 0) is 10.0 Å². The summed E-state index contributed by atoms with van der Waals surface area (Å²) in [7, 11) is -2.51. The second kappa shape index (κ2) is 14.4. The number of hydrogen-bond acceptors (Lipinski definition) is 11. The minimum atomic E-state index is -4.56. The Kier molecular flexibility index (Phi) is 9.55. The fourth-order valence-electron chi connectivity index (χ4n) is 11.2. The van der Waals surface area contributed by atoms with Gasteiger partial charge in [0.05, 0.1) is 21.6 Å². The molecule has 61 heavy (non-hydrogen) atoms. The van der Waals surface area contributed by atoms with Crippen molar-refractivity contribution < 1.29 is 27.6 Å². The monoisotopic (exact) mass is 869 g/mol. The number of nitrogens with one attached hydrogen (secondary N) is 2. The summed E-state index contributed by atoms with van der Waals surface area (Å²) in [5.41, 5.74) is 5.13. The Balaban J connectivity index is 0.857. The molecule has 14 nitrogen and oxygen atoms in total. The van der Waals surface area contributed by atoms with Crippen LogP contribution >= 0.6 is 11.6 Å². The highest BCUT2D eigenvalue weighted by atomic mass is 35.5. The molecule has 2 aromatic carbocycles. The van der Waals surface area contributed by atoms with Gasteiger partial charge in [0.2, 0.25) is 0 Å². The highest BCUT2D eigenvalue weighted by Crippen LogP contribution is 2.75. The van der Waals surface area contributed by atoms with E-state index in [1.54, 1.807) is 41.6 Å². The molecule has 1 spiro atoms. The minimum Gasteiger partial charge on any atom is -0.483 e. The summed E-state index contributed by atoms with van der Waals surface area (Å²) in [5, 5.41) is 12.9. The number of aromatic nitrogens is 2. The molecule has 4 aromatic rings. The molecular formula is C45H52ClN7O7S. The van der Waals surface area contributed by atoms with Crippen molar-refractivity contribution in [1.82, 2.24) is 24.5 Å². The third kappa shape index (κ3) is 7.54. The van der Waals surface area contributed by atoms with Crippen LogP contribution < -0.4 is 19.1 Å². The number of piperazine rings is 1. The number of fused-ring (bicyclic) bond motifs is 1. The lowest BCUT2D eigenvalue weighted by molar-refractivity contribution is -0.386. The lowest BCUT2D eigenvalue weighted by Gasteiger charge is -2.70. The lowest BCUT2D eigenvalue weighted by Crippen LogP contribution is -2.65. The van der Waals surface area contributed by atoms with Crippen LogP contribution in [0.3, 0.4) is 0 Å². The predicted octanol–water partition coefficient (Wildman–Crippen LogP) is 7.65. The second-order valence-electron chi connectivity index (χ2n) is 19.7. The molecule has 2 N–H and O–H groups in total. The number of H-pyrrole nitrogens is 1. The van der Waals surface area contributed by atoms with Crippen LogP contribution in [0.1, 0.15) is 75.6 Å². The molecule has 4 heterocycles. The smallest absolute Gasteiger partial charge is 0.312 e. The minimum absolute atomic E-state index is 0.00250. The van der Waals surface area contributed by atoms with Crippen LogP contribution in [0.4, 0.5) is 11.4 Å². The number of benzene rings is 2. The summed E-state index contributed by atoms with van der Waals surface area (Å²) < 4.78 is 41.8. The molecule has 2 aromatic heterocycles. The van der Waals surface area contributed by atoms with Gasteiger partial charge >= 0.3 is 5.69 Å². The summed E-state index contributed by atoms with van der Waals surface area (Å²) in [5.74, 6) is -0.441. The number of anilines is 1. The van der Waals surface area contributed by atoms with Crippen molar-refractivity contribution in [3.63, 3.8) is 0 Å². The quantitative estimate of drug-likeness (QED) is 0.0623. The fraction of sp³-hybridized carbons (Fsp3) is 0.511. The Hall–Kier alpha value is -4.70. The molecule has 1 amide bonds. The van der Waals surface area contributed by atoms with E-state index in [0.717, 1.165) is 108 Å². The number of pyridine rings is 1. The molecular weight excluding hydrogens is 818 g/mol. The van der Waals surface area contributed by atoms with E-state index in [4.69, 9.17) is 21.1 Å². The third-order valence-electron chi connectivity index (χ3n) is 14.2. The zero-order valence-corrected chi connectivity index (χ0v) is 36.4. The topological polar surface area (TPSA) is 163 Å². The number of carbonyl (C=O) groups excluding carboxylic acids is 1. The van der Waals surface area contributed by atoms with Gasteiger partial charge in [-0.2, -0.15) is 0 Å². The van der Waals surface area contributed by atoms with Crippen molar-refractivity contribution in [3.8, 4) is 17.2 Å². The summed E-state index contributed by atoms with van der Waals surface area (Å²) in [4.78, 5) is 39.5. The highest BCUT2D eigenvalue weighted by molar-refractivity contribution is 7.90. The number of alkyl halides is 1. The van der Waals surface area contributed by atoms with Crippen molar-refractivity contribution in [3.05, 3.63) is 87.7 Å². The number of halogens is 1. The number of nitro benzene ring substituents is 1. The first-order valence-electron chi connectivity index (χ1n) is 21.3. The molecule has 2 saturated heterocycles. The largest absolute Gasteiger partial charge is 0.483 e. The van der Waals surface area contributed by atoms with Gasteiger partial charge in [-0.25, -0.2) is 18.1 Å². The van der Waals surface area contributed by atoms with Gasteiger partial charge in [0.25, 0.3) is 15.9 Å². The van der Waals surface area contributed by atoms with Crippen molar-refractivity contribution in [2.75, 3.05) is 57.8 Å². The molecule has 11 rings (SSSR count). The Morgan fingerprint density at radius 3 is 2.49 bits per heavy atom. The van der Waals surface area contributed by atoms with Crippen LogP contribution in [0.2, 0.25) is 0 Å². The van der Waals surface area contributed by atoms with E-state index in [0.29, 0.717) is 22.2 Å². The zero-order valence-electron chi connectivity index (χ0n) is 34.8. The molecule has 7 aliphatic rings. The van der Waals surface area contributed by atoms with E-state index in [9.17, 15) is 23.3 Å². The number of aromatic amines is 1. The number of carbonyl (C=O) groups is 1. The average molecular weight is 870 g/mol. The van der Waals surface area contributed by atoms with E-state index in [1.165, 1.54) is 24.8 Å². The van der Waals surface area contributed by atoms with E-state index < -0.39 is 31.4 Å². The first kappa shape index (κ1) is 40.4. The summed E-state index contributed by atoms with van der Waals surface area (Å²) in [6.07, 6.45) is 11.5. The Labute approximate surface area is 360 Å². The van der Waals surface area contributed by atoms with Crippen molar-refractivity contribution >= 4 is 49.9 Å². The van der Waals surface area contributed by atoms with E-state index >= 15 is 0 Å². The van der Waals surface area contributed by atoms with Gasteiger partial charge in [-0.05, 0) is 106 Å². The van der Waals surface area contributed by atoms with E-state index in [-0.39, 0.29) is 33.5 Å². The van der Waals surface area contributed by atoms with Gasteiger partial charge in [-0.3, -0.25) is 19.8 Å². The number of likely N-dealkylation sites (tertiary alicyclic amines) is 1. The second-order valence-corrected chi connectivity index (χ2v) is 22.1. The Morgan fingerprint density at radius 2 is 1.79 bits per heavy atom. The van der Waals surface area contributed by atoms with Crippen LogP contribution in [0.25, 0.3) is 11.0 Å². The molecule has 2 aliphatic heterocycles. The summed E-state index contributed by atoms with van der Waals surface area (Å²) in [6.45, 7) is 11.0. The number of amides is 1. The van der Waals surface area contributed by atoms with Crippen LogP contribution in [0.5, 0.6) is 17.2 Å². The number of hydrogen-bond donors (Lipinski definition) is 2. The molecule has 16 heteroatoms. The van der Waals surface area contributed by atoms with Crippen molar-refractivity contribution in [1.29, 1.82) is 0 Å². The number of nitrogens with zero attached hydrogens (tertiary/aromatic N) is 5. The summed E-state index contributed by atoms with van der Waals surface area (Å²) in [6, 6.07) is 12.2. The number of rotatable bonds is 12.